The molecule has 4 aliphatic rings. The van der Waals surface area contributed by atoms with Crippen molar-refractivity contribution in [3.8, 4) is 0 Å². The number of rotatable bonds is 3. The number of allylic oxidation sites excluding steroid dienone is 4. The molecule has 0 bridgehead atoms. The van der Waals surface area contributed by atoms with Crippen LogP contribution in [0.4, 0.5) is 0 Å². The number of fused-ring (bicyclic) bond motifs is 5. The molecule has 162 valence electrons. The number of hydrogen-bond acceptors (Lipinski definition) is 6. The summed E-state index contributed by atoms with van der Waals surface area (Å²) < 4.78 is 11.0. The first kappa shape index (κ1) is 21.0. The Kier molecular flexibility index (Phi) is 5.02. The summed E-state index contributed by atoms with van der Waals surface area (Å²) in [5.74, 6) is 0.220. The molecule has 6 nitrogen and oxygen atoms in total. The van der Waals surface area contributed by atoms with Crippen LogP contribution in [0.1, 0.15) is 66.2 Å². The summed E-state index contributed by atoms with van der Waals surface area (Å²) in [6, 6.07) is 0. The highest BCUT2D eigenvalue weighted by molar-refractivity contribution is 5.92. The molecule has 0 amide bonds. The van der Waals surface area contributed by atoms with E-state index in [9.17, 15) is 19.2 Å². The number of ketones is 2. The number of carbonyl (C=O) groups excluding carboxylic acids is 4. The van der Waals surface area contributed by atoms with E-state index in [-0.39, 0.29) is 47.6 Å². The van der Waals surface area contributed by atoms with Crippen LogP contribution < -0.4 is 0 Å². The maximum Gasteiger partial charge on any atom is 0.307 e. The zero-order valence-corrected chi connectivity index (χ0v) is 18.2. The summed E-state index contributed by atoms with van der Waals surface area (Å²) in [5.41, 5.74) is -0.781. The van der Waals surface area contributed by atoms with E-state index in [0.717, 1.165) is 24.8 Å². The summed E-state index contributed by atoms with van der Waals surface area (Å²) in [5, 5.41) is 0. The zero-order valence-electron chi connectivity index (χ0n) is 18.2. The third kappa shape index (κ3) is 2.98. The highest BCUT2D eigenvalue weighted by Gasteiger charge is 2.68. The van der Waals surface area contributed by atoms with Gasteiger partial charge in [0.05, 0.1) is 0 Å². The van der Waals surface area contributed by atoms with Crippen LogP contribution in [-0.2, 0) is 28.7 Å². The minimum Gasteiger partial charge on any atom is -0.451 e. The molecule has 0 spiro atoms. The predicted octanol–water partition coefficient (Wildman–Crippen LogP) is 3.69. The Morgan fingerprint density at radius 1 is 1.10 bits per heavy atom. The second-order valence-corrected chi connectivity index (χ2v) is 9.66. The highest BCUT2D eigenvalue weighted by atomic mass is 16.6. The fourth-order valence-corrected chi connectivity index (χ4v) is 7.05. The summed E-state index contributed by atoms with van der Waals surface area (Å²) in [6.07, 6.45) is 7.80. The molecule has 0 aromatic carbocycles. The van der Waals surface area contributed by atoms with Gasteiger partial charge in [-0.1, -0.05) is 13.0 Å². The van der Waals surface area contributed by atoms with E-state index >= 15 is 0 Å². The SMILES string of the molecule is CC(=O)OC1=CC2=CC[C@@H]3C(C(=O)C[C@@]4(C)[C@H]3CC[C@]4(OC(C)=O)C(C)=O)C2CC1. The van der Waals surface area contributed by atoms with E-state index in [1.54, 1.807) is 0 Å². The van der Waals surface area contributed by atoms with E-state index in [2.05, 4.69) is 6.08 Å². The lowest BCUT2D eigenvalue weighted by molar-refractivity contribution is -0.186. The molecule has 0 heterocycles. The molecule has 0 radical (unpaired) electrons. The summed E-state index contributed by atoms with van der Waals surface area (Å²) >= 11 is 0. The van der Waals surface area contributed by atoms with Crippen molar-refractivity contribution in [1.29, 1.82) is 0 Å². The standard InChI is InChI=1S/C24H30O6/c1-13(25)24(30-15(3)27)10-9-20-19-7-5-16-11-17(29-14(2)26)6-8-18(16)22(19)21(28)12-23(20,24)4/h5,11,18-20,22H,6-10,12H2,1-4H3/t18?,19-,20-,22?,23-,24-/m0/s1. The molecule has 2 saturated carbocycles. The van der Waals surface area contributed by atoms with Crippen molar-refractivity contribution in [2.75, 3.05) is 0 Å². The average Bonchev–Trinajstić information content (AvgIpc) is 2.93. The zero-order chi connectivity index (χ0) is 21.8. The number of ether oxygens (including phenoxy) is 2. The van der Waals surface area contributed by atoms with Gasteiger partial charge in [-0.3, -0.25) is 19.2 Å². The summed E-state index contributed by atoms with van der Waals surface area (Å²) in [4.78, 5) is 49.4. The first-order chi connectivity index (χ1) is 14.1. The van der Waals surface area contributed by atoms with E-state index in [0.29, 0.717) is 18.6 Å². The lowest BCUT2D eigenvalue weighted by Crippen LogP contribution is -2.59. The van der Waals surface area contributed by atoms with Crippen molar-refractivity contribution in [3.63, 3.8) is 0 Å². The Bertz CT molecular complexity index is 882. The quantitative estimate of drug-likeness (QED) is 0.655. The normalized spacial score (nSPS) is 39.7. The topological polar surface area (TPSA) is 86.7 Å². The Hall–Kier alpha value is -2.24. The maximum absolute atomic E-state index is 13.5. The lowest BCUT2D eigenvalue weighted by atomic mass is 9.50. The predicted molar refractivity (Wildman–Crippen MR) is 108 cm³/mol. The molecule has 0 N–H and O–H groups in total. The van der Waals surface area contributed by atoms with Crippen molar-refractivity contribution < 1.29 is 28.7 Å². The molecule has 0 aromatic rings. The number of carbonyl (C=O) groups is 4. The van der Waals surface area contributed by atoms with Gasteiger partial charge < -0.3 is 9.47 Å². The molecule has 6 heteroatoms. The lowest BCUT2D eigenvalue weighted by Gasteiger charge is -2.53. The third-order valence-corrected chi connectivity index (χ3v) is 8.12. The van der Waals surface area contributed by atoms with Crippen LogP contribution in [0, 0.1) is 29.1 Å². The van der Waals surface area contributed by atoms with Gasteiger partial charge in [-0.15, -0.1) is 0 Å². The number of hydrogen-bond donors (Lipinski definition) is 0. The molecular weight excluding hydrogens is 384 g/mol. The Labute approximate surface area is 177 Å². The third-order valence-electron chi connectivity index (χ3n) is 8.12. The van der Waals surface area contributed by atoms with Gasteiger partial charge in [-0.25, -0.2) is 0 Å². The Morgan fingerprint density at radius 2 is 1.83 bits per heavy atom. The smallest absolute Gasteiger partial charge is 0.307 e. The highest BCUT2D eigenvalue weighted by Crippen LogP contribution is 2.64. The second-order valence-electron chi connectivity index (χ2n) is 9.66. The van der Waals surface area contributed by atoms with Gasteiger partial charge in [-0.05, 0) is 62.0 Å². The van der Waals surface area contributed by atoms with Gasteiger partial charge in [0.1, 0.15) is 11.5 Å². The average molecular weight is 414 g/mol. The first-order valence-corrected chi connectivity index (χ1v) is 10.9. The molecular formula is C24H30O6. The molecule has 0 aliphatic heterocycles. The van der Waals surface area contributed by atoms with Crippen LogP contribution in [-0.4, -0.2) is 29.1 Å². The first-order valence-electron chi connectivity index (χ1n) is 10.9. The summed E-state index contributed by atoms with van der Waals surface area (Å²) in [7, 11) is 0. The maximum atomic E-state index is 13.5. The van der Waals surface area contributed by atoms with Gasteiger partial charge in [0, 0.05) is 38.0 Å². The largest absolute Gasteiger partial charge is 0.451 e. The van der Waals surface area contributed by atoms with Gasteiger partial charge in [0.25, 0.3) is 0 Å². The van der Waals surface area contributed by atoms with Crippen molar-refractivity contribution in [2.24, 2.45) is 29.1 Å². The van der Waals surface area contributed by atoms with E-state index in [1.807, 2.05) is 13.0 Å². The van der Waals surface area contributed by atoms with Crippen molar-refractivity contribution in [1.82, 2.24) is 0 Å². The molecule has 4 aliphatic carbocycles. The molecule has 6 atom stereocenters. The van der Waals surface area contributed by atoms with Crippen molar-refractivity contribution in [2.45, 2.75) is 71.8 Å². The summed E-state index contributed by atoms with van der Waals surface area (Å²) in [6.45, 7) is 6.18. The van der Waals surface area contributed by atoms with Crippen LogP contribution >= 0.6 is 0 Å². The number of Topliss-reactive ketones (excluding diaryl/α,β-unsaturated/α-hetero) is 2. The molecule has 0 aromatic heterocycles. The van der Waals surface area contributed by atoms with Gasteiger partial charge in [0.2, 0.25) is 0 Å². The monoisotopic (exact) mass is 414 g/mol. The van der Waals surface area contributed by atoms with E-state index in [4.69, 9.17) is 9.47 Å². The van der Waals surface area contributed by atoms with Gasteiger partial charge in [0.15, 0.2) is 11.4 Å². The van der Waals surface area contributed by atoms with Gasteiger partial charge in [-0.2, -0.15) is 0 Å². The minimum atomic E-state index is -1.21. The molecule has 0 saturated heterocycles. The van der Waals surface area contributed by atoms with Crippen LogP contribution in [0.15, 0.2) is 23.5 Å². The van der Waals surface area contributed by atoms with Crippen LogP contribution in [0.3, 0.4) is 0 Å². The van der Waals surface area contributed by atoms with Crippen molar-refractivity contribution >= 4 is 23.5 Å². The van der Waals surface area contributed by atoms with Crippen LogP contribution in [0.2, 0.25) is 0 Å². The van der Waals surface area contributed by atoms with Crippen LogP contribution in [0.25, 0.3) is 0 Å². The fourth-order valence-electron chi connectivity index (χ4n) is 7.05. The second kappa shape index (κ2) is 7.17. The van der Waals surface area contributed by atoms with Gasteiger partial charge >= 0.3 is 11.9 Å². The molecule has 2 unspecified atom stereocenters. The van der Waals surface area contributed by atoms with Crippen molar-refractivity contribution in [3.05, 3.63) is 23.5 Å². The fraction of sp³-hybridized carbons (Fsp3) is 0.667. The molecule has 30 heavy (non-hydrogen) atoms. The molecule has 2 fully saturated rings. The van der Waals surface area contributed by atoms with Crippen LogP contribution in [0.5, 0.6) is 0 Å². The Balaban J connectivity index is 1.68. The molecule has 4 rings (SSSR count). The minimum absolute atomic E-state index is 0.0849. The van der Waals surface area contributed by atoms with E-state index in [1.165, 1.54) is 20.8 Å². The number of esters is 2. The van der Waals surface area contributed by atoms with E-state index < -0.39 is 17.0 Å². The Morgan fingerprint density at radius 3 is 2.47 bits per heavy atom.